The number of unbranched alkanes of at least 4 members (excludes halogenated alkanes) is 3. The van der Waals surface area contributed by atoms with Crippen LogP contribution in [0.25, 0.3) is 0 Å². The van der Waals surface area contributed by atoms with E-state index in [1.54, 1.807) is 0 Å². The number of hydrogen-bond acceptors (Lipinski definition) is 1. The Bertz CT molecular complexity index is 99.6. The van der Waals surface area contributed by atoms with Crippen molar-refractivity contribution in [3.63, 3.8) is 0 Å². The van der Waals surface area contributed by atoms with Crippen LogP contribution >= 0.6 is 8.58 Å². The summed E-state index contributed by atoms with van der Waals surface area (Å²) in [6.07, 6.45) is 4.55. The van der Waals surface area contributed by atoms with Crippen molar-refractivity contribution in [2.24, 2.45) is 0 Å². The van der Waals surface area contributed by atoms with Crippen molar-refractivity contribution in [2.75, 3.05) is 13.3 Å². The molecule has 0 rings (SSSR count). The van der Waals surface area contributed by atoms with Gasteiger partial charge in [-0.3, -0.25) is 4.79 Å². The standard InChI is InChI=1S/C7H14O2.C2H7P.K.H/c1-2-3-4-5-6-7(8)9;1-3-2;;/h2-6H2,1H3,(H,8,9);3H,1-2H3;;. The Morgan fingerprint density at radius 3 is 2.00 bits per heavy atom. The molecule has 13 heavy (non-hydrogen) atoms. The summed E-state index contributed by atoms with van der Waals surface area (Å²) in [7, 11) is 1.08. The molecule has 0 bridgehead atoms. The molecule has 0 heterocycles. The monoisotopic (exact) mass is 232 g/mol. The van der Waals surface area contributed by atoms with Crippen molar-refractivity contribution >= 4 is 65.9 Å². The van der Waals surface area contributed by atoms with Crippen molar-refractivity contribution in [2.45, 2.75) is 39.0 Å². The molecule has 0 atom stereocenters. The van der Waals surface area contributed by atoms with Crippen molar-refractivity contribution in [3.8, 4) is 0 Å². The second kappa shape index (κ2) is 19.2. The van der Waals surface area contributed by atoms with Crippen molar-refractivity contribution in [1.82, 2.24) is 0 Å². The third-order valence-electron chi connectivity index (χ3n) is 1.24. The van der Waals surface area contributed by atoms with E-state index in [0.29, 0.717) is 6.42 Å². The molecule has 0 saturated heterocycles. The van der Waals surface area contributed by atoms with Gasteiger partial charge in [-0.2, -0.15) is 0 Å². The van der Waals surface area contributed by atoms with Gasteiger partial charge in [-0.1, -0.05) is 26.2 Å². The Morgan fingerprint density at radius 1 is 1.23 bits per heavy atom. The van der Waals surface area contributed by atoms with Gasteiger partial charge in [0.15, 0.2) is 0 Å². The maximum absolute atomic E-state index is 9.96. The second-order valence-electron chi connectivity index (χ2n) is 2.70. The molecule has 76 valence electrons. The van der Waals surface area contributed by atoms with Crippen LogP contribution in [-0.2, 0) is 4.79 Å². The fraction of sp³-hybridized carbons (Fsp3) is 0.889. The number of hydrogen-bond donors (Lipinski definition) is 1. The molecule has 0 aromatic heterocycles. The molecule has 0 amide bonds. The average Bonchev–Trinajstić information content (AvgIpc) is 1.99. The fourth-order valence-corrected chi connectivity index (χ4v) is 0.703. The van der Waals surface area contributed by atoms with Crippen molar-refractivity contribution in [1.29, 1.82) is 0 Å². The quantitative estimate of drug-likeness (QED) is 0.449. The molecule has 0 aliphatic rings. The van der Waals surface area contributed by atoms with Crippen LogP contribution in [0.4, 0.5) is 0 Å². The normalized spacial score (nSPS) is 7.92. The van der Waals surface area contributed by atoms with E-state index < -0.39 is 5.97 Å². The first kappa shape index (κ1) is 20.0. The molecule has 4 heteroatoms. The molecule has 0 saturated carbocycles. The summed E-state index contributed by atoms with van der Waals surface area (Å²) in [6, 6.07) is 0. The summed E-state index contributed by atoms with van der Waals surface area (Å²) in [5.41, 5.74) is 0. The minimum atomic E-state index is -0.675. The van der Waals surface area contributed by atoms with Gasteiger partial charge in [-0.05, 0) is 19.8 Å². The molecule has 0 radical (unpaired) electrons. The summed E-state index contributed by atoms with van der Waals surface area (Å²) < 4.78 is 0. The number of aliphatic carboxylic acids is 1. The summed E-state index contributed by atoms with van der Waals surface area (Å²) in [4.78, 5) is 9.96. The molecule has 0 aliphatic heterocycles. The van der Waals surface area contributed by atoms with Gasteiger partial charge in [0.25, 0.3) is 0 Å². The molecule has 0 aromatic rings. The first-order valence-corrected chi connectivity index (χ1v) is 6.49. The first-order chi connectivity index (χ1) is 5.68. The van der Waals surface area contributed by atoms with E-state index in [1.165, 1.54) is 6.42 Å². The van der Waals surface area contributed by atoms with Crippen LogP contribution in [0.3, 0.4) is 0 Å². The van der Waals surface area contributed by atoms with E-state index in [9.17, 15) is 4.79 Å². The Hall–Kier alpha value is 1.54. The fourth-order valence-electron chi connectivity index (χ4n) is 0.703. The number of carboxylic acid groups (broad SMARTS) is 1. The van der Waals surface area contributed by atoms with Gasteiger partial charge < -0.3 is 5.11 Å². The third kappa shape index (κ3) is 31.7. The van der Waals surface area contributed by atoms with Crippen molar-refractivity contribution < 1.29 is 9.90 Å². The van der Waals surface area contributed by atoms with Gasteiger partial charge in [0, 0.05) is 6.42 Å². The molecule has 0 spiro atoms. The van der Waals surface area contributed by atoms with E-state index in [1.807, 2.05) is 0 Å². The Balaban J connectivity index is -0.000000220. The molecule has 0 aromatic carbocycles. The van der Waals surface area contributed by atoms with Gasteiger partial charge in [-0.15, -0.1) is 8.58 Å². The summed E-state index contributed by atoms with van der Waals surface area (Å²) in [5.74, 6) is -0.675. The van der Waals surface area contributed by atoms with Crippen LogP contribution in [-0.4, -0.2) is 75.8 Å². The van der Waals surface area contributed by atoms with Gasteiger partial charge >= 0.3 is 57.4 Å². The van der Waals surface area contributed by atoms with Gasteiger partial charge in [0.2, 0.25) is 0 Å². The number of carboxylic acids is 1. The summed E-state index contributed by atoms with van der Waals surface area (Å²) in [6.45, 7) is 6.42. The van der Waals surface area contributed by atoms with E-state index in [0.717, 1.165) is 27.8 Å². The van der Waals surface area contributed by atoms with Crippen LogP contribution in [0, 0.1) is 0 Å². The minimum absolute atomic E-state index is 0. The Labute approximate surface area is 126 Å². The number of carbonyl (C=O) groups is 1. The van der Waals surface area contributed by atoms with Gasteiger partial charge in [-0.25, -0.2) is 0 Å². The van der Waals surface area contributed by atoms with E-state index in [2.05, 4.69) is 20.3 Å². The molecule has 0 aliphatic carbocycles. The van der Waals surface area contributed by atoms with Crippen LogP contribution in [0.5, 0.6) is 0 Å². The average molecular weight is 232 g/mol. The van der Waals surface area contributed by atoms with Gasteiger partial charge in [0.1, 0.15) is 0 Å². The zero-order valence-electron chi connectivity index (χ0n) is 8.39. The maximum atomic E-state index is 9.96. The summed E-state index contributed by atoms with van der Waals surface area (Å²) >= 11 is 0. The molecule has 0 fully saturated rings. The van der Waals surface area contributed by atoms with E-state index in [-0.39, 0.29) is 51.4 Å². The predicted octanol–water partition coefficient (Wildman–Crippen LogP) is 2.32. The van der Waals surface area contributed by atoms with Crippen LogP contribution in [0.2, 0.25) is 0 Å². The first-order valence-electron chi connectivity index (χ1n) is 4.49. The zero-order valence-corrected chi connectivity index (χ0v) is 9.39. The van der Waals surface area contributed by atoms with Crippen LogP contribution in [0.15, 0.2) is 0 Å². The molecule has 1 N–H and O–H groups in total. The molecular formula is C9H22KO2P. The van der Waals surface area contributed by atoms with Crippen LogP contribution < -0.4 is 0 Å². The molecule has 2 nitrogen and oxygen atoms in total. The predicted molar refractivity (Wildman–Crippen MR) is 63.7 cm³/mol. The van der Waals surface area contributed by atoms with Crippen LogP contribution in [0.1, 0.15) is 39.0 Å². The molecule has 0 unspecified atom stereocenters. The third-order valence-corrected chi connectivity index (χ3v) is 1.24. The Morgan fingerprint density at radius 2 is 1.69 bits per heavy atom. The van der Waals surface area contributed by atoms with E-state index >= 15 is 0 Å². The van der Waals surface area contributed by atoms with Gasteiger partial charge in [0.05, 0.1) is 0 Å². The van der Waals surface area contributed by atoms with Crippen molar-refractivity contribution in [3.05, 3.63) is 0 Å². The zero-order chi connectivity index (χ0) is 9.82. The topological polar surface area (TPSA) is 37.3 Å². The second-order valence-corrected chi connectivity index (χ2v) is 3.70. The SMILES string of the molecule is CCCCCCC(=O)O.CPC.[KH]. The number of rotatable bonds is 5. The Kier molecular flexibility index (Phi) is 29.5. The summed E-state index contributed by atoms with van der Waals surface area (Å²) in [5, 5.41) is 8.21. The van der Waals surface area contributed by atoms with E-state index in [4.69, 9.17) is 5.11 Å². The molecular weight excluding hydrogens is 210 g/mol.